The van der Waals surface area contributed by atoms with Gasteiger partial charge in [0.05, 0.1) is 0 Å². The van der Waals surface area contributed by atoms with Crippen LogP contribution in [-0.4, -0.2) is 25.3 Å². The average molecular weight is 263 g/mol. The Hall–Kier alpha value is -1.59. The van der Waals surface area contributed by atoms with Gasteiger partial charge in [-0.2, -0.15) is 8.78 Å². The smallest absolute Gasteiger partial charge is 0.310 e. The number of anilines is 1. The van der Waals surface area contributed by atoms with Crippen LogP contribution < -0.4 is 4.90 Å². The number of nitrogens with zero attached hydrogens (tertiary/aromatic N) is 1. The molecule has 100 valence electrons. The molecule has 0 heterocycles. The van der Waals surface area contributed by atoms with E-state index in [-0.39, 0.29) is 5.69 Å². The van der Waals surface area contributed by atoms with E-state index in [0.29, 0.717) is 4.90 Å². The first-order valence-electron chi connectivity index (χ1n) is 5.33. The van der Waals surface area contributed by atoms with Crippen LogP contribution in [0.5, 0.6) is 0 Å². The normalized spacial score (nSPS) is 11.7. The van der Waals surface area contributed by atoms with Crippen molar-refractivity contribution in [1.82, 2.24) is 0 Å². The molecule has 1 rings (SSSR count). The molecular weight excluding hydrogens is 250 g/mol. The van der Waals surface area contributed by atoms with Crippen molar-refractivity contribution in [2.45, 2.75) is 25.7 Å². The van der Waals surface area contributed by atoms with Crippen molar-refractivity contribution >= 4 is 11.6 Å². The minimum atomic E-state index is -4.67. The monoisotopic (exact) mass is 263 g/mol. The molecule has 2 nitrogen and oxygen atoms in total. The zero-order chi connectivity index (χ0) is 13.9. The van der Waals surface area contributed by atoms with Gasteiger partial charge in [0.25, 0.3) is 0 Å². The summed E-state index contributed by atoms with van der Waals surface area (Å²) in [6.45, 7) is 1.91. The Bertz CT molecular complexity index is 417. The molecule has 0 saturated carbocycles. The number of hydrogen-bond donors (Lipinski definition) is 0. The third-order valence-electron chi connectivity index (χ3n) is 2.60. The molecule has 1 amide bonds. The van der Waals surface area contributed by atoms with Crippen molar-refractivity contribution in [3.8, 4) is 0 Å². The molecule has 6 heteroatoms. The number of amides is 1. The van der Waals surface area contributed by atoms with E-state index in [9.17, 15) is 22.4 Å². The molecule has 18 heavy (non-hydrogen) atoms. The number of aryl methyl sites for hydroxylation is 1. The molecule has 0 unspecified atom stereocenters. The van der Waals surface area contributed by atoms with Crippen LogP contribution in [-0.2, 0) is 11.2 Å². The molecule has 0 aliphatic carbocycles. The minimum Gasteiger partial charge on any atom is -0.310 e. The number of rotatable bonds is 4. The van der Waals surface area contributed by atoms with Gasteiger partial charge in [0.2, 0.25) is 0 Å². The van der Waals surface area contributed by atoms with Crippen LogP contribution in [0.15, 0.2) is 24.3 Å². The number of carbonyl (C=O) groups is 1. The summed E-state index contributed by atoms with van der Waals surface area (Å²) in [5.41, 5.74) is 1.11. The summed E-state index contributed by atoms with van der Waals surface area (Å²) < 4.78 is 49.9. The lowest BCUT2D eigenvalue weighted by Gasteiger charge is -2.23. The molecule has 1 aromatic rings. The highest BCUT2D eigenvalue weighted by Gasteiger charge is 2.50. The zero-order valence-corrected chi connectivity index (χ0v) is 9.96. The second kappa shape index (κ2) is 5.37. The fraction of sp³-hybridized carbons (Fsp3) is 0.417. The van der Waals surface area contributed by atoms with E-state index < -0.39 is 18.3 Å². The number of hydrogen-bond acceptors (Lipinski definition) is 1. The molecule has 0 aromatic heterocycles. The van der Waals surface area contributed by atoms with Gasteiger partial charge < -0.3 is 4.90 Å². The molecule has 0 aliphatic heterocycles. The van der Waals surface area contributed by atoms with Crippen LogP contribution in [0.4, 0.5) is 23.2 Å². The number of alkyl halides is 4. The second-order valence-corrected chi connectivity index (χ2v) is 3.81. The fourth-order valence-electron chi connectivity index (χ4n) is 1.39. The summed E-state index contributed by atoms with van der Waals surface area (Å²) >= 11 is 0. The molecular formula is C12H13F4NO. The molecule has 0 spiro atoms. The van der Waals surface area contributed by atoms with Crippen molar-refractivity contribution in [2.75, 3.05) is 11.9 Å². The summed E-state index contributed by atoms with van der Waals surface area (Å²) in [5, 5.41) is 0. The van der Waals surface area contributed by atoms with Crippen LogP contribution in [0.25, 0.3) is 0 Å². The third kappa shape index (κ3) is 2.80. The van der Waals surface area contributed by atoms with Crippen molar-refractivity contribution in [2.24, 2.45) is 0 Å². The zero-order valence-electron chi connectivity index (χ0n) is 9.96. The van der Waals surface area contributed by atoms with Crippen molar-refractivity contribution in [3.63, 3.8) is 0 Å². The van der Waals surface area contributed by atoms with Gasteiger partial charge in [-0.25, -0.2) is 8.78 Å². The maximum absolute atomic E-state index is 12.9. The summed E-state index contributed by atoms with van der Waals surface area (Å²) in [6.07, 6.45) is -3.26. The molecule has 0 bridgehead atoms. The molecule has 0 aliphatic rings. The van der Waals surface area contributed by atoms with E-state index >= 15 is 0 Å². The van der Waals surface area contributed by atoms with Gasteiger partial charge in [0.15, 0.2) is 0 Å². The summed E-state index contributed by atoms with van der Waals surface area (Å²) in [6, 6.07) is 6.19. The molecule has 0 radical (unpaired) electrons. The van der Waals surface area contributed by atoms with Crippen LogP contribution in [0, 0.1) is 0 Å². The fourth-order valence-corrected chi connectivity index (χ4v) is 1.39. The first-order valence-corrected chi connectivity index (χ1v) is 5.33. The quantitative estimate of drug-likeness (QED) is 0.764. The van der Waals surface area contributed by atoms with E-state index in [2.05, 4.69) is 0 Å². The van der Waals surface area contributed by atoms with Crippen molar-refractivity contribution in [3.05, 3.63) is 29.8 Å². The standard InChI is InChI=1S/C12H13F4NO/c1-3-8-4-6-9(7-5-8)17(2)11(18)12(15,16)10(13)14/h4-7,10H,3H2,1-2H3. The van der Waals surface area contributed by atoms with Crippen molar-refractivity contribution < 1.29 is 22.4 Å². The molecule has 0 fully saturated rings. The minimum absolute atomic E-state index is 0.150. The highest BCUT2D eigenvalue weighted by Crippen LogP contribution is 2.27. The first-order chi connectivity index (χ1) is 8.30. The predicted molar refractivity (Wildman–Crippen MR) is 60.2 cm³/mol. The van der Waals surface area contributed by atoms with Crippen LogP contribution >= 0.6 is 0 Å². The van der Waals surface area contributed by atoms with E-state index in [0.717, 1.165) is 19.0 Å². The lowest BCUT2D eigenvalue weighted by Crippen LogP contribution is -2.46. The highest BCUT2D eigenvalue weighted by molar-refractivity contribution is 5.98. The van der Waals surface area contributed by atoms with Crippen LogP contribution in [0.3, 0.4) is 0 Å². The van der Waals surface area contributed by atoms with Gasteiger partial charge >= 0.3 is 18.3 Å². The Morgan fingerprint density at radius 2 is 1.78 bits per heavy atom. The average Bonchev–Trinajstić information content (AvgIpc) is 2.36. The van der Waals surface area contributed by atoms with Crippen LogP contribution in [0.2, 0.25) is 0 Å². The number of halogens is 4. The Balaban J connectivity index is 2.92. The van der Waals surface area contributed by atoms with Crippen LogP contribution in [0.1, 0.15) is 12.5 Å². The second-order valence-electron chi connectivity index (χ2n) is 3.81. The maximum atomic E-state index is 12.9. The van der Waals surface area contributed by atoms with Gasteiger partial charge in [-0.3, -0.25) is 4.79 Å². The van der Waals surface area contributed by atoms with E-state index in [1.165, 1.54) is 12.1 Å². The summed E-state index contributed by atoms with van der Waals surface area (Å²) in [7, 11) is 1.04. The Kier molecular flexibility index (Phi) is 4.32. The molecule has 0 atom stereocenters. The van der Waals surface area contributed by atoms with Gasteiger partial charge in [0, 0.05) is 12.7 Å². The lowest BCUT2D eigenvalue weighted by atomic mass is 10.1. The molecule has 1 aromatic carbocycles. The van der Waals surface area contributed by atoms with Gasteiger partial charge in [0.1, 0.15) is 0 Å². The number of benzene rings is 1. The highest BCUT2D eigenvalue weighted by atomic mass is 19.3. The van der Waals surface area contributed by atoms with E-state index in [1.54, 1.807) is 12.1 Å². The maximum Gasteiger partial charge on any atom is 0.384 e. The summed E-state index contributed by atoms with van der Waals surface area (Å²) in [5.74, 6) is -6.58. The van der Waals surface area contributed by atoms with Crippen molar-refractivity contribution in [1.29, 1.82) is 0 Å². The number of carbonyl (C=O) groups excluding carboxylic acids is 1. The first kappa shape index (κ1) is 14.5. The predicted octanol–water partition coefficient (Wildman–Crippen LogP) is 3.11. The third-order valence-corrected chi connectivity index (χ3v) is 2.60. The van der Waals surface area contributed by atoms with E-state index in [4.69, 9.17) is 0 Å². The van der Waals surface area contributed by atoms with Gasteiger partial charge in [-0.15, -0.1) is 0 Å². The largest absolute Gasteiger partial charge is 0.384 e. The molecule has 0 saturated heterocycles. The molecule has 0 N–H and O–H groups in total. The van der Waals surface area contributed by atoms with E-state index in [1.807, 2.05) is 6.92 Å². The Labute approximate surface area is 102 Å². The Morgan fingerprint density at radius 1 is 1.28 bits per heavy atom. The Morgan fingerprint density at radius 3 is 2.17 bits per heavy atom. The van der Waals surface area contributed by atoms with Gasteiger partial charge in [-0.05, 0) is 24.1 Å². The SMILES string of the molecule is CCc1ccc(N(C)C(=O)C(F)(F)C(F)F)cc1. The van der Waals surface area contributed by atoms with Gasteiger partial charge in [-0.1, -0.05) is 19.1 Å². The lowest BCUT2D eigenvalue weighted by molar-refractivity contribution is -0.166. The summed E-state index contributed by atoms with van der Waals surface area (Å²) in [4.78, 5) is 11.8. The topological polar surface area (TPSA) is 20.3 Å².